The van der Waals surface area contributed by atoms with E-state index in [9.17, 15) is 14.8 Å². The Morgan fingerprint density at radius 1 is 1.25 bits per heavy atom. The molecule has 0 aliphatic rings. The maximum absolute atomic E-state index is 11.4. The van der Waals surface area contributed by atoms with Crippen LogP contribution in [0.25, 0.3) is 0 Å². The van der Waals surface area contributed by atoms with Crippen LogP contribution < -0.4 is 15.4 Å². The Labute approximate surface area is 97.6 Å². The van der Waals surface area contributed by atoms with Crippen LogP contribution in [0.4, 0.5) is 0 Å². The summed E-state index contributed by atoms with van der Waals surface area (Å²) >= 11 is 3.98. The van der Waals surface area contributed by atoms with Crippen molar-refractivity contribution < 1.29 is 19.5 Å². The van der Waals surface area contributed by atoms with Crippen molar-refractivity contribution in [3.05, 3.63) is 23.4 Å². The van der Waals surface area contributed by atoms with Crippen molar-refractivity contribution in [1.82, 2.24) is 10.6 Å². The van der Waals surface area contributed by atoms with E-state index in [1.165, 1.54) is 26.2 Å². The molecule has 0 spiro atoms. The van der Waals surface area contributed by atoms with Gasteiger partial charge >= 0.3 is 16.6 Å². The molecule has 7 heteroatoms. The largest absolute Gasteiger partial charge is 0.355 e. The van der Waals surface area contributed by atoms with Crippen molar-refractivity contribution in [1.29, 1.82) is 0 Å². The normalized spacial score (nSPS) is 9.69. The summed E-state index contributed by atoms with van der Waals surface area (Å²) in [6, 6.07) is 2.75. The number of pyridine rings is 1. The summed E-state index contributed by atoms with van der Waals surface area (Å²) in [5.74, 6) is -0.863. The molecule has 86 valence electrons. The van der Waals surface area contributed by atoms with Crippen molar-refractivity contribution in [3.8, 4) is 0 Å². The molecule has 0 aliphatic carbocycles. The zero-order valence-corrected chi connectivity index (χ0v) is 9.71. The average molecular weight is 242 g/mol. The Kier molecular flexibility index (Phi) is 3.73. The lowest BCUT2D eigenvalue weighted by atomic mass is 10.2. The zero-order valence-electron chi connectivity index (χ0n) is 8.81. The minimum atomic E-state index is -0.471. The summed E-state index contributed by atoms with van der Waals surface area (Å²) in [5.41, 5.74) is 0.182. The molecule has 0 fully saturated rings. The van der Waals surface area contributed by atoms with Gasteiger partial charge in [0, 0.05) is 24.9 Å². The van der Waals surface area contributed by atoms with Gasteiger partial charge < -0.3 is 10.6 Å². The van der Waals surface area contributed by atoms with Crippen molar-refractivity contribution in [2.24, 2.45) is 0 Å². The molecule has 0 bridgehead atoms. The topological polar surface area (TPSA) is 82.3 Å². The molecule has 1 aromatic rings. The quantitative estimate of drug-likeness (QED) is 0.312. The average Bonchev–Trinajstić information content (AvgIpc) is 2.30. The van der Waals surface area contributed by atoms with Gasteiger partial charge in [-0.2, -0.15) is 0 Å². The number of amides is 2. The fraction of sp³-hybridized carbons (Fsp3) is 0.222. The van der Waals surface area contributed by atoms with Gasteiger partial charge in [0.1, 0.15) is 5.56 Å². The van der Waals surface area contributed by atoms with Crippen LogP contribution in [0.3, 0.4) is 0 Å². The predicted octanol–water partition coefficient (Wildman–Crippen LogP) is -0.781. The lowest BCUT2D eigenvalue weighted by Gasteiger charge is -2.02. The molecule has 1 aromatic heterocycles. The first-order chi connectivity index (χ1) is 7.52. The number of hydrogen-bond acceptors (Lipinski definition) is 4. The number of thiol groups is 1. The fourth-order valence-electron chi connectivity index (χ4n) is 1.15. The molecule has 0 radical (unpaired) electrons. The van der Waals surface area contributed by atoms with Gasteiger partial charge in [0.05, 0.1) is 0 Å². The molecule has 1 rings (SSSR count). The second-order valence-electron chi connectivity index (χ2n) is 2.93. The summed E-state index contributed by atoms with van der Waals surface area (Å²) < 4.78 is 0.562. The lowest BCUT2D eigenvalue weighted by Crippen LogP contribution is -2.44. The van der Waals surface area contributed by atoms with Crippen LogP contribution in [0, 0.1) is 0 Å². The first kappa shape index (κ1) is 12.3. The summed E-state index contributed by atoms with van der Waals surface area (Å²) in [6.07, 6.45) is 0. The molecule has 0 saturated carbocycles. The highest BCUT2D eigenvalue weighted by atomic mass is 32.1. The van der Waals surface area contributed by atoms with Crippen molar-refractivity contribution in [3.63, 3.8) is 0 Å². The van der Waals surface area contributed by atoms with Gasteiger partial charge in [-0.25, -0.2) is 0 Å². The number of carbonyl (C=O) groups is 2. The smallest absolute Gasteiger partial charge is 0.322 e. The van der Waals surface area contributed by atoms with E-state index in [-0.39, 0.29) is 16.3 Å². The Hall–Kier alpha value is -1.76. The van der Waals surface area contributed by atoms with E-state index in [0.29, 0.717) is 4.73 Å². The molecular formula is C9H12N3O3S+. The van der Waals surface area contributed by atoms with Gasteiger partial charge in [0.15, 0.2) is 0 Å². The summed E-state index contributed by atoms with van der Waals surface area (Å²) in [7, 11) is 2.90. The van der Waals surface area contributed by atoms with Gasteiger partial charge in [-0.15, -0.1) is 0 Å². The third kappa shape index (κ3) is 2.08. The van der Waals surface area contributed by atoms with E-state index >= 15 is 0 Å². The van der Waals surface area contributed by atoms with Crippen molar-refractivity contribution in [2.45, 2.75) is 5.03 Å². The Morgan fingerprint density at radius 2 is 1.81 bits per heavy atom. The molecule has 0 saturated heterocycles. The number of aromatic nitrogens is 1. The van der Waals surface area contributed by atoms with E-state index in [4.69, 9.17) is 0 Å². The Balaban J connectivity index is 3.28. The van der Waals surface area contributed by atoms with Gasteiger partial charge in [0.25, 0.3) is 5.91 Å². The second kappa shape index (κ2) is 4.84. The number of nitrogens with zero attached hydrogens (tertiary/aromatic N) is 1. The number of nitrogens with one attached hydrogen (secondary N) is 2. The molecule has 0 aromatic carbocycles. The van der Waals surface area contributed by atoms with Crippen molar-refractivity contribution in [2.75, 3.05) is 14.1 Å². The van der Waals surface area contributed by atoms with Gasteiger partial charge in [0.2, 0.25) is 0 Å². The molecular weight excluding hydrogens is 230 g/mol. The molecule has 3 N–H and O–H groups in total. The van der Waals surface area contributed by atoms with E-state index in [0.717, 1.165) is 0 Å². The fourth-order valence-corrected chi connectivity index (χ4v) is 1.43. The van der Waals surface area contributed by atoms with E-state index in [1.807, 2.05) is 0 Å². The van der Waals surface area contributed by atoms with Crippen LogP contribution in [0.2, 0.25) is 0 Å². The standard InChI is InChI=1S/C9H11N3O3S/c1-10-7(13)5-3-4-6(8(14)11-2)12(15)9(5)16/h3-4,15H,1-2H3,(H2,10,11,13,14)/p+1. The summed E-state index contributed by atoms with van der Waals surface area (Å²) in [5, 5.41) is 14.4. The molecule has 6 nitrogen and oxygen atoms in total. The minimum Gasteiger partial charge on any atom is -0.355 e. The lowest BCUT2D eigenvalue weighted by molar-refractivity contribution is -0.933. The number of hydrogen-bond donors (Lipinski definition) is 4. The van der Waals surface area contributed by atoms with Gasteiger partial charge in [-0.3, -0.25) is 14.8 Å². The highest BCUT2D eigenvalue weighted by Gasteiger charge is 2.26. The van der Waals surface area contributed by atoms with Crippen LogP contribution in [-0.2, 0) is 0 Å². The third-order valence-electron chi connectivity index (χ3n) is 2.01. The van der Waals surface area contributed by atoms with Crippen LogP contribution >= 0.6 is 12.6 Å². The number of carbonyl (C=O) groups excluding carboxylic acids is 2. The molecule has 0 atom stereocenters. The highest BCUT2D eigenvalue weighted by Crippen LogP contribution is 2.09. The van der Waals surface area contributed by atoms with Crippen LogP contribution in [0.15, 0.2) is 17.2 Å². The maximum Gasteiger partial charge on any atom is 0.322 e. The minimum absolute atomic E-state index is 0.000142. The van der Waals surface area contributed by atoms with E-state index < -0.39 is 11.8 Å². The second-order valence-corrected chi connectivity index (χ2v) is 3.35. The monoisotopic (exact) mass is 242 g/mol. The predicted molar refractivity (Wildman–Crippen MR) is 57.9 cm³/mol. The van der Waals surface area contributed by atoms with Crippen molar-refractivity contribution >= 4 is 24.4 Å². The maximum atomic E-state index is 11.4. The number of rotatable bonds is 2. The summed E-state index contributed by atoms with van der Waals surface area (Å²) in [4.78, 5) is 22.7. The van der Waals surface area contributed by atoms with E-state index in [1.54, 1.807) is 0 Å². The van der Waals surface area contributed by atoms with E-state index in [2.05, 4.69) is 23.3 Å². The zero-order chi connectivity index (χ0) is 12.3. The third-order valence-corrected chi connectivity index (χ3v) is 2.44. The molecule has 1 heterocycles. The molecule has 16 heavy (non-hydrogen) atoms. The van der Waals surface area contributed by atoms with Crippen LogP contribution in [-0.4, -0.2) is 31.1 Å². The Morgan fingerprint density at radius 3 is 2.31 bits per heavy atom. The summed E-state index contributed by atoms with van der Waals surface area (Å²) in [6.45, 7) is 0. The molecule has 0 aliphatic heterocycles. The van der Waals surface area contributed by atoms with Crippen LogP contribution in [0.1, 0.15) is 20.8 Å². The van der Waals surface area contributed by atoms with Gasteiger partial charge in [-0.1, -0.05) is 12.6 Å². The first-order valence-corrected chi connectivity index (χ1v) is 4.89. The molecule has 0 unspecified atom stereocenters. The SMILES string of the molecule is CNC(=O)c1ccc(C(=O)NC)[n+](O)c1S. The highest BCUT2D eigenvalue weighted by molar-refractivity contribution is 7.80. The van der Waals surface area contributed by atoms with Gasteiger partial charge in [-0.05, 0) is 6.07 Å². The Bertz CT molecular complexity index is 407. The molecule has 2 amide bonds. The van der Waals surface area contributed by atoms with Crippen LogP contribution in [0.5, 0.6) is 0 Å². The first-order valence-electron chi connectivity index (χ1n) is 4.44.